The Kier molecular flexibility index (Phi) is 5.44. The molecule has 1 fully saturated rings. The maximum Gasteiger partial charge on any atom is 0.247 e. The van der Waals surface area contributed by atoms with Crippen molar-refractivity contribution >= 4 is 29.1 Å². The lowest BCUT2D eigenvalue weighted by molar-refractivity contribution is -0.0207. The Hall–Kier alpha value is -3.89. The number of aliphatic hydroxyl groups excluding tert-OH is 1. The number of imidazole rings is 1. The number of hydrazone groups is 1. The van der Waals surface area contributed by atoms with Crippen LogP contribution in [0, 0.1) is 0 Å². The molecule has 0 spiro atoms. The van der Waals surface area contributed by atoms with Gasteiger partial charge in [-0.3, -0.25) is 9.55 Å². The molecule has 4 heterocycles. The minimum Gasteiger partial charge on any atom is -0.394 e. The number of pyridine rings is 1. The molecule has 0 bridgehead atoms. The number of hydrogen-bond donors (Lipinski definition) is 3. The van der Waals surface area contributed by atoms with Crippen molar-refractivity contribution in [3.05, 3.63) is 60.6 Å². The molecule has 0 saturated carbocycles. The monoisotopic (exact) mass is 430 g/mol. The predicted octanol–water partition coefficient (Wildman–Crippen LogP) is 2.59. The molecule has 4 N–H and O–H groups in total. The van der Waals surface area contributed by atoms with Gasteiger partial charge in [-0.1, -0.05) is 30.3 Å². The number of nitrogen functional groups attached to an aromatic ring is 1. The minimum atomic E-state index is -0.250. The standard InChI is InChI=1S/C22H22N8O2/c23-20-19-21(30(13-25-19)18-9-8-16(12-31)32-18)28-22(27-20)29-26-11-14-4-6-15(7-5-14)17-3-1-2-10-24-17/h1-7,10-11,13,16,18,31H,8-9,12H2,(H3,23,27,28,29)/b26-11+/t16-,18+/m0/s1. The number of aliphatic hydroxyl groups is 1. The van der Waals surface area contributed by atoms with E-state index in [1.54, 1.807) is 18.7 Å². The molecule has 5 rings (SSSR count). The second-order valence-electron chi connectivity index (χ2n) is 7.44. The van der Waals surface area contributed by atoms with Gasteiger partial charge < -0.3 is 15.6 Å². The van der Waals surface area contributed by atoms with E-state index in [2.05, 4.69) is 30.5 Å². The Bertz CT molecular complexity index is 1240. The number of nitrogens with zero attached hydrogens (tertiary/aromatic N) is 6. The molecule has 10 heteroatoms. The summed E-state index contributed by atoms with van der Waals surface area (Å²) in [4.78, 5) is 17.4. The summed E-state index contributed by atoms with van der Waals surface area (Å²) in [7, 11) is 0. The average Bonchev–Trinajstić information content (AvgIpc) is 3.47. The van der Waals surface area contributed by atoms with Gasteiger partial charge in [-0.05, 0) is 30.5 Å². The zero-order valence-electron chi connectivity index (χ0n) is 17.2. The lowest BCUT2D eigenvalue weighted by atomic mass is 10.1. The van der Waals surface area contributed by atoms with Gasteiger partial charge in [-0.25, -0.2) is 10.4 Å². The van der Waals surface area contributed by atoms with Crippen molar-refractivity contribution in [1.82, 2.24) is 24.5 Å². The van der Waals surface area contributed by atoms with Crippen molar-refractivity contribution in [2.75, 3.05) is 17.8 Å². The van der Waals surface area contributed by atoms with E-state index in [4.69, 9.17) is 10.5 Å². The third-order valence-electron chi connectivity index (χ3n) is 5.30. The fourth-order valence-electron chi connectivity index (χ4n) is 3.66. The molecular weight excluding hydrogens is 408 g/mol. The van der Waals surface area contributed by atoms with Crippen molar-refractivity contribution < 1.29 is 9.84 Å². The molecule has 1 aromatic carbocycles. The first-order valence-corrected chi connectivity index (χ1v) is 10.3. The lowest BCUT2D eigenvalue weighted by Crippen LogP contribution is -2.14. The van der Waals surface area contributed by atoms with Crippen LogP contribution in [0.25, 0.3) is 22.4 Å². The van der Waals surface area contributed by atoms with Crippen LogP contribution in [0.5, 0.6) is 0 Å². The fourth-order valence-corrected chi connectivity index (χ4v) is 3.66. The summed E-state index contributed by atoms with van der Waals surface area (Å²) in [5, 5.41) is 13.6. The Morgan fingerprint density at radius 1 is 1.16 bits per heavy atom. The first-order chi connectivity index (χ1) is 15.7. The number of nitrogens with two attached hydrogens (primary N) is 1. The van der Waals surface area contributed by atoms with E-state index in [-0.39, 0.29) is 30.7 Å². The fraction of sp³-hybridized carbons (Fsp3) is 0.227. The highest BCUT2D eigenvalue weighted by molar-refractivity contribution is 5.84. The smallest absolute Gasteiger partial charge is 0.247 e. The lowest BCUT2D eigenvalue weighted by Gasteiger charge is -2.14. The van der Waals surface area contributed by atoms with Gasteiger partial charge in [0, 0.05) is 11.8 Å². The van der Waals surface area contributed by atoms with Crippen LogP contribution in [-0.2, 0) is 4.74 Å². The zero-order valence-corrected chi connectivity index (χ0v) is 17.2. The summed E-state index contributed by atoms with van der Waals surface area (Å²) in [6.45, 7) is -0.00931. The van der Waals surface area contributed by atoms with E-state index in [1.807, 2.05) is 47.0 Å². The van der Waals surface area contributed by atoms with Crippen LogP contribution < -0.4 is 11.2 Å². The van der Waals surface area contributed by atoms with E-state index in [1.165, 1.54) is 0 Å². The van der Waals surface area contributed by atoms with Gasteiger partial charge in [0.1, 0.15) is 11.7 Å². The second-order valence-corrected chi connectivity index (χ2v) is 7.44. The zero-order chi connectivity index (χ0) is 21.9. The second kappa shape index (κ2) is 8.69. The number of rotatable bonds is 6. The van der Waals surface area contributed by atoms with Gasteiger partial charge in [-0.15, -0.1) is 0 Å². The summed E-state index contributed by atoms with van der Waals surface area (Å²) in [5.41, 5.74) is 12.8. The Balaban J connectivity index is 1.32. The molecule has 0 amide bonds. The molecular formula is C22H22N8O2. The van der Waals surface area contributed by atoms with Gasteiger partial charge in [0.15, 0.2) is 11.5 Å². The summed E-state index contributed by atoms with van der Waals surface area (Å²) >= 11 is 0. The van der Waals surface area contributed by atoms with Crippen molar-refractivity contribution in [3.63, 3.8) is 0 Å². The molecule has 0 aliphatic carbocycles. The molecule has 1 aliphatic heterocycles. The van der Waals surface area contributed by atoms with Crippen LogP contribution in [0.3, 0.4) is 0 Å². The largest absolute Gasteiger partial charge is 0.394 e. The third kappa shape index (κ3) is 4.01. The van der Waals surface area contributed by atoms with Gasteiger partial charge in [0.2, 0.25) is 5.95 Å². The number of benzene rings is 1. The third-order valence-corrected chi connectivity index (χ3v) is 5.30. The molecule has 0 unspecified atom stereocenters. The number of nitrogens with one attached hydrogen (secondary N) is 1. The van der Waals surface area contributed by atoms with Gasteiger partial charge in [-0.2, -0.15) is 15.1 Å². The summed E-state index contributed by atoms with van der Waals surface area (Å²) < 4.78 is 7.65. The first kappa shape index (κ1) is 20.0. The van der Waals surface area contributed by atoms with E-state index >= 15 is 0 Å². The summed E-state index contributed by atoms with van der Waals surface area (Å²) in [6.07, 6.45) is 6.19. The van der Waals surface area contributed by atoms with Gasteiger partial charge >= 0.3 is 0 Å². The number of fused-ring (bicyclic) bond motifs is 1. The highest BCUT2D eigenvalue weighted by atomic mass is 16.5. The maximum atomic E-state index is 9.32. The molecule has 32 heavy (non-hydrogen) atoms. The average molecular weight is 430 g/mol. The van der Waals surface area contributed by atoms with E-state index < -0.39 is 0 Å². The normalized spacial score (nSPS) is 18.5. The molecule has 0 radical (unpaired) electrons. The van der Waals surface area contributed by atoms with Gasteiger partial charge in [0.05, 0.1) is 30.9 Å². The highest BCUT2D eigenvalue weighted by Gasteiger charge is 2.28. The SMILES string of the molecule is Nc1nc(N/N=C/c2ccc(-c3ccccn3)cc2)nc2c1ncn2[C@H]1CC[C@@H](CO)O1. The molecule has 4 aromatic rings. The van der Waals surface area contributed by atoms with Crippen LogP contribution >= 0.6 is 0 Å². The Morgan fingerprint density at radius 2 is 2.03 bits per heavy atom. The van der Waals surface area contributed by atoms with E-state index in [0.29, 0.717) is 11.2 Å². The van der Waals surface area contributed by atoms with Crippen molar-refractivity contribution in [2.24, 2.45) is 5.10 Å². The molecule has 1 aliphatic rings. The van der Waals surface area contributed by atoms with Crippen molar-refractivity contribution in [3.8, 4) is 11.3 Å². The topological polar surface area (TPSA) is 136 Å². The van der Waals surface area contributed by atoms with Crippen LogP contribution in [0.4, 0.5) is 11.8 Å². The number of anilines is 2. The minimum absolute atomic E-state index is 0.00931. The van der Waals surface area contributed by atoms with Crippen molar-refractivity contribution in [2.45, 2.75) is 25.2 Å². The Labute approximate surface area is 183 Å². The van der Waals surface area contributed by atoms with Gasteiger partial charge in [0.25, 0.3) is 0 Å². The molecule has 2 atom stereocenters. The molecule has 1 saturated heterocycles. The van der Waals surface area contributed by atoms with Crippen LogP contribution in [0.1, 0.15) is 24.6 Å². The van der Waals surface area contributed by atoms with Crippen LogP contribution in [0.15, 0.2) is 60.1 Å². The summed E-state index contributed by atoms with van der Waals surface area (Å²) in [6, 6.07) is 13.7. The van der Waals surface area contributed by atoms with E-state index in [9.17, 15) is 5.11 Å². The Morgan fingerprint density at radius 3 is 2.78 bits per heavy atom. The number of aromatic nitrogens is 5. The number of ether oxygens (including phenoxy) is 1. The summed E-state index contributed by atoms with van der Waals surface area (Å²) in [5.74, 6) is 0.512. The molecule has 162 valence electrons. The van der Waals surface area contributed by atoms with Crippen LogP contribution in [-0.4, -0.2) is 48.5 Å². The van der Waals surface area contributed by atoms with Crippen molar-refractivity contribution in [1.29, 1.82) is 0 Å². The highest BCUT2D eigenvalue weighted by Crippen LogP contribution is 2.31. The van der Waals surface area contributed by atoms with Crippen LogP contribution in [0.2, 0.25) is 0 Å². The first-order valence-electron chi connectivity index (χ1n) is 10.3. The molecule has 10 nitrogen and oxygen atoms in total. The number of hydrogen-bond acceptors (Lipinski definition) is 9. The van der Waals surface area contributed by atoms with E-state index in [0.717, 1.165) is 29.7 Å². The molecule has 3 aromatic heterocycles. The quantitative estimate of drug-likeness (QED) is 0.314. The maximum absolute atomic E-state index is 9.32. The predicted molar refractivity (Wildman–Crippen MR) is 121 cm³/mol.